The minimum Gasteiger partial charge on any atom is -0.494 e. The second-order valence-electron chi connectivity index (χ2n) is 10.1. The van der Waals surface area contributed by atoms with Crippen molar-refractivity contribution in [1.82, 2.24) is 14.4 Å². The molecule has 2 aliphatic rings. The Morgan fingerprint density at radius 3 is 1.79 bits per heavy atom. The molecule has 0 unspecified atom stereocenters. The molecular formula is C29H41N3O2. The number of hydrogen-bond acceptors (Lipinski definition) is 4. The molecule has 34 heavy (non-hydrogen) atoms. The number of aromatic nitrogens is 1. The molecule has 0 N–H and O–H groups in total. The lowest BCUT2D eigenvalue weighted by Gasteiger charge is -2.26. The van der Waals surface area contributed by atoms with Gasteiger partial charge in [0.1, 0.15) is 11.5 Å². The molecule has 0 amide bonds. The lowest BCUT2D eigenvalue weighted by Crippen LogP contribution is -2.31. The van der Waals surface area contributed by atoms with E-state index < -0.39 is 0 Å². The number of benzene rings is 2. The van der Waals surface area contributed by atoms with Crippen LogP contribution in [0.5, 0.6) is 11.5 Å². The Morgan fingerprint density at radius 2 is 1.18 bits per heavy atom. The van der Waals surface area contributed by atoms with Crippen molar-refractivity contribution >= 4 is 21.8 Å². The molecule has 2 aromatic carbocycles. The molecule has 5 heteroatoms. The predicted octanol–water partition coefficient (Wildman–Crippen LogP) is 5.84. The second-order valence-corrected chi connectivity index (χ2v) is 10.1. The van der Waals surface area contributed by atoms with E-state index in [4.69, 9.17) is 9.47 Å². The lowest BCUT2D eigenvalue weighted by atomic mass is 10.1. The van der Waals surface area contributed by atoms with Gasteiger partial charge in [0.25, 0.3) is 0 Å². The summed E-state index contributed by atoms with van der Waals surface area (Å²) in [5.41, 5.74) is 2.45. The topological polar surface area (TPSA) is 29.9 Å². The number of ether oxygens (including phenoxy) is 2. The van der Waals surface area contributed by atoms with E-state index in [-0.39, 0.29) is 0 Å². The monoisotopic (exact) mass is 463 g/mol. The third-order valence-corrected chi connectivity index (χ3v) is 7.62. The fourth-order valence-corrected chi connectivity index (χ4v) is 5.67. The van der Waals surface area contributed by atoms with Crippen LogP contribution in [0.15, 0.2) is 36.4 Å². The number of fused-ring (bicyclic) bond motifs is 3. The number of aryl methyl sites for hydroxylation is 1. The minimum absolute atomic E-state index is 0.779. The highest BCUT2D eigenvalue weighted by Gasteiger charge is 2.13. The lowest BCUT2D eigenvalue weighted by molar-refractivity contribution is 0.205. The molecule has 3 aromatic rings. The van der Waals surface area contributed by atoms with Gasteiger partial charge < -0.3 is 23.8 Å². The zero-order valence-corrected chi connectivity index (χ0v) is 20.9. The van der Waals surface area contributed by atoms with Crippen LogP contribution in [0.4, 0.5) is 0 Å². The molecule has 5 nitrogen and oxygen atoms in total. The molecule has 0 radical (unpaired) electrons. The normalized spacial score (nSPS) is 18.0. The van der Waals surface area contributed by atoms with Crippen molar-refractivity contribution < 1.29 is 9.47 Å². The number of likely N-dealkylation sites (tertiary alicyclic amines) is 2. The standard InChI is InChI=1S/C29H41N3O2/c1-30-28-13-11-24(33-20-8-18-31-14-4-2-5-15-31)22-27(28)26-12-10-25(23-29(26)30)34-21-9-19-32-16-6-3-7-17-32/h10-13,22-23H,2-9,14-21H2,1H3. The summed E-state index contributed by atoms with van der Waals surface area (Å²) < 4.78 is 14.5. The quantitative estimate of drug-likeness (QED) is 0.353. The zero-order chi connectivity index (χ0) is 23.2. The molecule has 2 aliphatic heterocycles. The van der Waals surface area contributed by atoms with Crippen molar-refractivity contribution in [3.8, 4) is 11.5 Å². The summed E-state index contributed by atoms with van der Waals surface area (Å²) in [7, 11) is 2.14. The number of rotatable bonds is 10. The predicted molar refractivity (Wildman–Crippen MR) is 141 cm³/mol. The second kappa shape index (κ2) is 11.5. The van der Waals surface area contributed by atoms with Gasteiger partial charge >= 0.3 is 0 Å². The van der Waals surface area contributed by atoms with Gasteiger partial charge in [0.2, 0.25) is 0 Å². The van der Waals surface area contributed by atoms with E-state index in [0.29, 0.717) is 0 Å². The number of hydrogen-bond donors (Lipinski definition) is 0. The van der Waals surface area contributed by atoms with Gasteiger partial charge in [0.05, 0.1) is 18.7 Å². The number of piperidine rings is 2. The van der Waals surface area contributed by atoms with Crippen LogP contribution in [0.3, 0.4) is 0 Å². The first-order valence-corrected chi connectivity index (χ1v) is 13.5. The highest BCUT2D eigenvalue weighted by atomic mass is 16.5. The highest BCUT2D eigenvalue weighted by molar-refractivity contribution is 6.08. The van der Waals surface area contributed by atoms with Crippen molar-refractivity contribution in [3.63, 3.8) is 0 Å². The first-order valence-electron chi connectivity index (χ1n) is 13.5. The van der Waals surface area contributed by atoms with Gasteiger partial charge in [-0.3, -0.25) is 0 Å². The van der Waals surface area contributed by atoms with Crippen molar-refractivity contribution in [2.75, 3.05) is 52.5 Å². The van der Waals surface area contributed by atoms with Crippen LogP contribution in [0.2, 0.25) is 0 Å². The van der Waals surface area contributed by atoms with Crippen LogP contribution in [-0.2, 0) is 7.05 Å². The van der Waals surface area contributed by atoms with Gasteiger partial charge in [-0.1, -0.05) is 12.8 Å². The van der Waals surface area contributed by atoms with Gasteiger partial charge in [-0.05, 0) is 95.0 Å². The van der Waals surface area contributed by atoms with Gasteiger partial charge in [0, 0.05) is 42.5 Å². The van der Waals surface area contributed by atoms with Gasteiger partial charge in [0.15, 0.2) is 0 Å². The van der Waals surface area contributed by atoms with E-state index in [1.807, 2.05) is 0 Å². The molecular weight excluding hydrogens is 422 g/mol. The largest absolute Gasteiger partial charge is 0.494 e. The molecule has 1 aromatic heterocycles. The molecule has 0 bridgehead atoms. The Kier molecular flexibility index (Phi) is 7.92. The van der Waals surface area contributed by atoms with E-state index in [1.54, 1.807) is 0 Å². The Morgan fingerprint density at radius 1 is 0.618 bits per heavy atom. The molecule has 5 rings (SSSR count). The van der Waals surface area contributed by atoms with Crippen molar-refractivity contribution in [2.24, 2.45) is 7.05 Å². The van der Waals surface area contributed by atoms with E-state index in [0.717, 1.165) is 50.6 Å². The summed E-state index contributed by atoms with van der Waals surface area (Å²) in [5.74, 6) is 1.93. The molecule has 184 valence electrons. The molecule has 3 heterocycles. The molecule has 0 spiro atoms. The van der Waals surface area contributed by atoms with Gasteiger partial charge in [-0.15, -0.1) is 0 Å². The summed E-state index contributed by atoms with van der Waals surface area (Å²) >= 11 is 0. The van der Waals surface area contributed by atoms with E-state index >= 15 is 0 Å². The smallest absolute Gasteiger partial charge is 0.121 e. The highest BCUT2D eigenvalue weighted by Crippen LogP contribution is 2.33. The third-order valence-electron chi connectivity index (χ3n) is 7.62. The molecule has 0 atom stereocenters. The minimum atomic E-state index is 0.779. The van der Waals surface area contributed by atoms with Gasteiger partial charge in [-0.2, -0.15) is 0 Å². The van der Waals surface area contributed by atoms with Crippen LogP contribution in [0.1, 0.15) is 51.4 Å². The maximum absolute atomic E-state index is 6.14. The first-order chi connectivity index (χ1) is 16.8. The summed E-state index contributed by atoms with van der Waals surface area (Å²) in [6.45, 7) is 8.88. The summed E-state index contributed by atoms with van der Waals surface area (Å²) in [4.78, 5) is 5.15. The Balaban J connectivity index is 1.17. The Hall–Kier alpha value is -2.24. The molecule has 0 aliphatic carbocycles. The summed E-state index contributed by atoms with van der Waals surface area (Å²) in [6.07, 6.45) is 10.4. The van der Waals surface area contributed by atoms with Crippen molar-refractivity contribution in [3.05, 3.63) is 36.4 Å². The summed E-state index contributed by atoms with van der Waals surface area (Å²) in [6, 6.07) is 13.0. The fourth-order valence-electron chi connectivity index (χ4n) is 5.67. The molecule has 2 fully saturated rings. The average molecular weight is 464 g/mol. The Labute approximate surface area is 204 Å². The maximum atomic E-state index is 6.14. The van der Waals surface area contributed by atoms with Crippen molar-refractivity contribution in [1.29, 1.82) is 0 Å². The van der Waals surface area contributed by atoms with Crippen LogP contribution in [-0.4, -0.2) is 66.8 Å². The van der Waals surface area contributed by atoms with E-state index in [1.165, 1.54) is 86.5 Å². The molecule has 0 saturated carbocycles. The van der Waals surface area contributed by atoms with Crippen molar-refractivity contribution in [2.45, 2.75) is 51.4 Å². The van der Waals surface area contributed by atoms with Crippen LogP contribution in [0.25, 0.3) is 21.8 Å². The van der Waals surface area contributed by atoms with E-state index in [9.17, 15) is 0 Å². The SMILES string of the molecule is Cn1c2ccc(OCCCN3CCCCC3)cc2c2ccc(OCCCN3CCCCC3)cc21. The van der Waals surface area contributed by atoms with Gasteiger partial charge in [-0.25, -0.2) is 0 Å². The van der Waals surface area contributed by atoms with Crippen LogP contribution >= 0.6 is 0 Å². The first kappa shape index (κ1) is 23.5. The van der Waals surface area contributed by atoms with E-state index in [2.05, 4.69) is 57.8 Å². The zero-order valence-electron chi connectivity index (χ0n) is 20.9. The fraction of sp³-hybridized carbons (Fsp3) is 0.586. The molecule has 2 saturated heterocycles. The average Bonchev–Trinajstić information content (AvgIpc) is 3.16. The van der Waals surface area contributed by atoms with Crippen LogP contribution in [0, 0.1) is 0 Å². The third kappa shape index (κ3) is 5.69. The number of nitrogens with zero attached hydrogens (tertiary/aromatic N) is 3. The maximum Gasteiger partial charge on any atom is 0.121 e. The Bertz CT molecular complexity index is 1060. The summed E-state index contributed by atoms with van der Waals surface area (Å²) in [5, 5.41) is 2.51. The van der Waals surface area contributed by atoms with Crippen LogP contribution < -0.4 is 9.47 Å².